The third-order valence-corrected chi connectivity index (χ3v) is 4.85. The highest BCUT2D eigenvalue weighted by Crippen LogP contribution is 2.31. The number of benzene rings is 1. The zero-order chi connectivity index (χ0) is 18.6. The van der Waals surface area contributed by atoms with Crippen molar-refractivity contribution in [1.29, 1.82) is 0 Å². The maximum Gasteiger partial charge on any atom is 0.322 e. The van der Waals surface area contributed by atoms with Gasteiger partial charge < -0.3 is 18.9 Å². The highest BCUT2D eigenvalue weighted by molar-refractivity contribution is 7.89. The van der Waals surface area contributed by atoms with E-state index in [9.17, 15) is 8.42 Å². The van der Waals surface area contributed by atoms with Crippen LogP contribution in [0.3, 0.4) is 0 Å². The molecule has 1 aliphatic rings. The van der Waals surface area contributed by atoms with Crippen LogP contribution in [0.15, 0.2) is 23.1 Å². The molecule has 2 heterocycles. The average molecular weight is 382 g/mol. The predicted octanol–water partition coefficient (Wildman–Crippen LogP) is 0.529. The molecule has 1 aromatic heterocycles. The second-order valence-corrected chi connectivity index (χ2v) is 6.98. The Balaban J connectivity index is 1.78. The van der Waals surface area contributed by atoms with E-state index in [1.807, 2.05) is 0 Å². The van der Waals surface area contributed by atoms with Gasteiger partial charge in [-0.05, 0) is 12.1 Å². The largest absolute Gasteiger partial charge is 0.490 e. The Morgan fingerprint density at radius 3 is 2.35 bits per heavy atom. The van der Waals surface area contributed by atoms with Crippen molar-refractivity contribution in [3.8, 4) is 23.5 Å². The van der Waals surface area contributed by atoms with Gasteiger partial charge in [0.15, 0.2) is 17.3 Å². The van der Waals surface area contributed by atoms with Gasteiger partial charge in [0, 0.05) is 12.5 Å². The van der Waals surface area contributed by atoms with Crippen molar-refractivity contribution >= 4 is 10.0 Å². The van der Waals surface area contributed by atoms with Crippen LogP contribution in [0.25, 0.3) is 0 Å². The van der Waals surface area contributed by atoms with Crippen LogP contribution in [0.1, 0.15) is 12.2 Å². The number of rotatable bonds is 6. The fraction of sp³-hybridized carbons (Fsp3) is 0.400. The van der Waals surface area contributed by atoms with E-state index in [-0.39, 0.29) is 29.3 Å². The molecule has 0 fully saturated rings. The highest BCUT2D eigenvalue weighted by Gasteiger charge is 2.19. The smallest absolute Gasteiger partial charge is 0.322 e. The van der Waals surface area contributed by atoms with Crippen molar-refractivity contribution in [2.24, 2.45) is 0 Å². The number of methoxy groups -OCH3 is 2. The Morgan fingerprint density at radius 1 is 1.04 bits per heavy atom. The molecule has 0 atom stereocenters. The van der Waals surface area contributed by atoms with Gasteiger partial charge in [-0.15, -0.1) is 4.98 Å². The molecule has 1 aliphatic heterocycles. The van der Waals surface area contributed by atoms with E-state index in [2.05, 4.69) is 19.7 Å². The third-order valence-electron chi connectivity index (χ3n) is 3.46. The van der Waals surface area contributed by atoms with E-state index in [1.165, 1.54) is 26.4 Å². The van der Waals surface area contributed by atoms with Gasteiger partial charge in [-0.1, -0.05) is 0 Å². The third kappa shape index (κ3) is 4.11. The zero-order valence-corrected chi connectivity index (χ0v) is 15.1. The van der Waals surface area contributed by atoms with Crippen LogP contribution in [0.2, 0.25) is 0 Å². The van der Waals surface area contributed by atoms with Crippen LogP contribution in [-0.4, -0.2) is 50.8 Å². The maximum atomic E-state index is 12.5. The second-order valence-electron chi connectivity index (χ2n) is 5.21. The summed E-state index contributed by atoms with van der Waals surface area (Å²) in [4.78, 5) is 11.9. The fourth-order valence-electron chi connectivity index (χ4n) is 2.19. The lowest BCUT2D eigenvalue weighted by atomic mass is 10.3. The molecule has 3 rings (SSSR count). The van der Waals surface area contributed by atoms with Crippen LogP contribution >= 0.6 is 0 Å². The molecule has 0 saturated carbocycles. The number of nitrogens with zero attached hydrogens (tertiary/aromatic N) is 3. The molecule has 1 aromatic carbocycles. The van der Waals surface area contributed by atoms with Gasteiger partial charge in [-0.3, -0.25) is 0 Å². The normalized spacial score (nSPS) is 13.8. The van der Waals surface area contributed by atoms with Crippen molar-refractivity contribution in [2.75, 3.05) is 27.4 Å². The number of sulfonamides is 1. The van der Waals surface area contributed by atoms with Gasteiger partial charge in [0.1, 0.15) is 0 Å². The minimum atomic E-state index is -3.81. The van der Waals surface area contributed by atoms with E-state index in [1.54, 1.807) is 6.07 Å². The van der Waals surface area contributed by atoms with E-state index in [0.29, 0.717) is 24.7 Å². The van der Waals surface area contributed by atoms with Crippen molar-refractivity contribution in [3.63, 3.8) is 0 Å². The lowest BCUT2D eigenvalue weighted by Crippen LogP contribution is -2.24. The molecule has 0 saturated heterocycles. The van der Waals surface area contributed by atoms with Gasteiger partial charge in [0.05, 0.1) is 38.9 Å². The molecular formula is C15H18N4O6S. The molecule has 140 valence electrons. The van der Waals surface area contributed by atoms with Gasteiger partial charge in [0.25, 0.3) is 0 Å². The molecule has 11 heteroatoms. The molecule has 2 aromatic rings. The number of ether oxygens (including phenoxy) is 4. The first-order valence-electron chi connectivity index (χ1n) is 7.74. The minimum absolute atomic E-state index is 0.0293. The molecular weight excluding hydrogens is 364 g/mol. The first-order valence-corrected chi connectivity index (χ1v) is 9.22. The Labute approximate surface area is 150 Å². The summed E-state index contributed by atoms with van der Waals surface area (Å²) in [5.74, 6) is 1.08. The first-order chi connectivity index (χ1) is 12.5. The van der Waals surface area contributed by atoms with Crippen molar-refractivity contribution in [2.45, 2.75) is 17.9 Å². The summed E-state index contributed by atoms with van der Waals surface area (Å²) in [6.45, 7) is 0.834. The fourth-order valence-corrected chi connectivity index (χ4v) is 3.19. The molecule has 0 aliphatic carbocycles. The standard InChI is InChI=1S/C15H18N4O6S/c1-22-14-17-13(18-15(19-14)23-2)9-16-26(20,21)10-4-5-11-12(8-10)25-7-3-6-24-11/h4-5,8,16H,3,6-7,9H2,1-2H3. The molecule has 0 bridgehead atoms. The minimum Gasteiger partial charge on any atom is -0.490 e. The summed E-state index contributed by atoms with van der Waals surface area (Å²) in [6, 6.07) is 4.51. The summed E-state index contributed by atoms with van der Waals surface area (Å²) >= 11 is 0. The Hall–Kier alpha value is -2.66. The van der Waals surface area contributed by atoms with Crippen molar-refractivity contribution in [1.82, 2.24) is 19.7 Å². The topological polar surface area (TPSA) is 122 Å². The van der Waals surface area contributed by atoms with E-state index in [4.69, 9.17) is 18.9 Å². The van der Waals surface area contributed by atoms with Gasteiger partial charge in [-0.25, -0.2) is 13.1 Å². The maximum absolute atomic E-state index is 12.5. The van der Waals surface area contributed by atoms with Crippen LogP contribution in [0.4, 0.5) is 0 Å². The Kier molecular flexibility index (Phi) is 5.38. The van der Waals surface area contributed by atoms with Crippen molar-refractivity contribution < 1.29 is 27.4 Å². The quantitative estimate of drug-likeness (QED) is 0.762. The molecule has 0 unspecified atom stereocenters. The monoisotopic (exact) mass is 382 g/mol. The van der Waals surface area contributed by atoms with E-state index in [0.717, 1.165) is 6.42 Å². The summed E-state index contributed by atoms with van der Waals surface area (Å²) in [5.41, 5.74) is 0. The van der Waals surface area contributed by atoms with Gasteiger partial charge in [0.2, 0.25) is 10.0 Å². The summed E-state index contributed by atoms with van der Waals surface area (Å²) in [6.07, 6.45) is 0.734. The number of hydrogen-bond acceptors (Lipinski definition) is 9. The van der Waals surface area contributed by atoms with Crippen LogP contribution in [0, 0.1) is 0 Å². The van der Waals surface area contributed by atoms with Crippen LogP contribution in [0.5, 0.6) is 23.5 Å². The van der Waals surface area contributed by atoms with Gasteiger partial charge in [-0.2, -0.15) is 9.97 Å². The summed E-state index contributed by atoms with van der Waals surface area (Å²) < 4.78 is 48.4. The molecule has 0 radical (unpaired) electrons. The lowest BCUT2D eigenvalue weighted by Gasteiger charge is -2.11. The summed E-state index contributed by atoms with van der Waals surface area (Å²) in [7, 11) is -1.03. The van der Waals surface area contributed by atoms with E-state index < -0.39 is 10.0 Å². The van der Waals surface area contributed by atoms with E-state index >= 15 is 0 Å². The van der Waals surface area contributed by atoms with Crippen molar-refractivity contribution in [3.05, 3.63) is 24.0 Å². The summed E-state index contributed by atoms with van der Waals surface area (Å²) in [5, 5.41) is 0. The molecule has 10 nitrogen and oxygen atoms in total. The first kappa shape index (κ1) is 18.1. The second kappa shape index (κ2) is 7.70. The SMILES string of the molecule is COc1nc(CNS(=O)(=O)c2ccc3c(c2)OCCCO3)nc(OC)n1. The molecule has 0 amide bonds. The number of fused-ring (bicyclic) bond motifs is 1. The predicted molar refractivity (Wildman–Crippen MR) is 89.0 cm³/mol. The highest BCUT2D eigenvalue weighted by atomic mass is 32.2. The Morgan fingerprint density at radius 2 is 1.69 bits per heavy atom. The number of aromatic nitrogens is 3. The number of nitrogens with one attached hydrogen (secondary N) is 1. The average Bonchev–Trinajstić information content (AvgIpc) is 2.91. The molecule has 1 N–H and O–H groups in total. The van der Waals surface area contributed by atoms with Crippen LogP contribution < -0.4 is 23.7 Å². The van der Waals surface area contributed by atoms with Gasteiger partial charge >= 0.3 is 12.0 Å². The molecule has 0 spiro atoms. The van der Waals surface area contributed by atoms with Crippen LogP contribution in [-0.2, 0) is 16.6 Å². The zero-order valence-electron chi connectivity index (χ0n) is 14.3. The molecule has 26 heavy (non-hydrogen) atoms. The number of hydrogen-bond donors (Lipinski definition) is 1. The Bertz CT molecular complexity index is 867. The lowest BCUT2D eigenvalue weighted by molar-refractivity contribution is 0.297.